The summed E-state index contributed by atoms with van der Waals surface area (Å²) in [5, 5.41) is 1.36. The Kier molecular flexibility index (Phi) is 6.61. The second-order valence-electron chi connectivity index (χ2n) is 8.51. The van der Waals surface area contributed by atoms with Crippen molar-refractivity contribution in [2.24, 2.45) is 0 Å². The first-order valence-electron chi connectivity index (χ1n) is 10.3. The quantitative estimate of drug-likeness (QED) is 0.637. The van der Waals surface area contributed by atoms with E-state index in [0.29, 0.717) is 6.42 Å². The molecule has 1 atom stereocenters. The molecule has 1 amide bonds. The van der Waals surface area contributed by atoms with Gasteiger partial charge in [-0.15, -0.1) is 0 Å². The Morgan fingerprint density at radius 3 is 2.63 bits per heavy atom. The van der Waals surface area contributed by atoms with Crippen LogP contribution in [0.2, 0.25) is 0 Å². The van der Waals surface area contributed by atoms with Crippen molar-refractivity contribution in [2.45, 2.75) is 46.2 Å². The minimum atomic E-state index is 0. The van der Waals surface area contributed by atoms with Crippen LogP contribution in [0.5, 0.6) is 0 Å². The van der Waals surface area contributed by atoms with Crippen molar-refractivity contribution in [3.05, 3.63) is 65.1 Å². The van der Waals surface area contributed by atoms with Gasteiger partial charge in [-0.1, -0.05) is 19.1 Å². The first-order chi connectivity index (χ1) is 13.9. The second kappa shape index (κ2) is 9.00. The average Bonchev–Trinajstić information content (AvgIpc) is 3.00. The van der Waals surface area contributed by atoms with Gasteiger partial charge < -0.3 is 14.4 Å². The lowest BCUT2D eigenvalue weighted by molar-refractivity contribution is -0.129. The Balaban J connectivity index is 0.00000256. The normalized spacial score (nSPS) is 14.8. The van der Waals surface area contributed by atoms with Gasteiger partial charge in [-0.3, -0.25) is 9.78 Å². The number of carbonyl (C=O) groups excluding carboxylic acids is 1. The molecule has 1 unspecified atom stereocenters. The molecule has 0 saturated carbocycles. The van der Waals surface area contributed by atoms with E-state index in [2.05, 4.69) is 46.6 Å². The van der Waals surface area contributed by atoms with Gasteiger partial charge in [-0.25, -0.2) is 0 Å². The van der Waals surface area contributed by atoms with Gasteiger partial charge in [-0.2, -0.15) is 0 Å². The number of rotatable bonds is 5. The van der Waals surface area contributed by atoms with E-state index in [4.69, 9.17) is 0 Å². The van der Waals surface area contributed by atoms with E-state index in [1.54, 1.807) is 4.90 Å². The van der Waals surface area contributed by atoms with Gasteiger partial charge in [-0.05, 0) is 49.4 Å². The van der Waals surface area contributed by atoms with E-state index >= 15 is 0 Å². The molecule has 3 heterocycles. The number of hydrogen-bond acceptors (Lipinski definition) is 3. The molecule has 0 N–H and O–H groups in total. The monoisotopic (exact) mass is 406 g/mol. The fourth-order valence-electron chi connectivity index (χ4n) is 4.44. The van der Waals surface area contributed by atoms with Gasteiger partial charge in [0.25, 0.3) is 0 Å². The predicted octanol–water partition coefficient (Wildman–Crippen LogP) is 4.23. The third-order valence-electron chi connectivity index (χ3n) is 6.10. The molecule has 0 fully saturated rings. The highest BCUT2D eigenvalue weighted by Crippen LogP contribution is 2.34. The molecule has 1 aliphatic heterocycles. The Morgan fingerprint density at radius 2 is 1.93 bits per heavy atom. The van der Waals surface area contributed by atoms with E-state index in [0.717, 1.165) is 26.1 Å². The highest BCUT2D eigenvalue weighted by atomic mass is 16.2. The molecule has 0 bridgehead atoms. The molecule has 0 aliphatic carbocycles. The number of nitrogens with zero attached hydrogens (tertiary/aromatic N) is 4. The summed E-state index contributed by atoms with van der Waals surface area (Å²) < 4.78 is 2.48. The van der Waals surface area contributed by atoms with E-state index in [-0.39, 0.29) is 19.3 Å². The molecule has 0 radical (unpaired) electrons. The van der Waals surface area contributed by atoms with Crippen molar-refractivity contribution >= 4 is 16.8 Å². The lowest BCUT2D eigenvalue weighted by Gasteiger charge is -2.26. The topological polar surface area (TPSA) is 41.4 Å². The smallest absolute Gasteiger partial charge is 0.222 e. The van der Waals surface area contributed by atoms with Crippen molar-refractivity contribution in [2.75, 3.05) is 27.7 Å². The number of fused-ring (bicyclic) bond motifs is 3. The summed E-state index contributed by atoms with van der Waals surface area (Å²) >= 11 is 0. The summed E-state index contributed by atoms with van der Waals surface area (Å²) in [6, 6.07) is 10.9. The van der Waals surface area contributed by atoms with Crippen molar-refractivity contribution in [3.8, 4) is 0 Å². The highest BCUT2D eigenvalue weighted by molar-refractivity contribution is 5.86. The maximum absolute atomic E-state index is 12.6. The van der Waals surface area contributed by atoms with Crippen LogP contribution in [0.4, 0.5) is 0 Å². The average molecular weight is 407 g/mol. The minimum Gasteiger partial charge on any atom is -0.349 e. The predicted molar refractivity (Wildman–Crippen MR) is 124 cm³/mol. The number of likely N-dealkylation sites (N-methyl/N-ethyl adjacent to an activating group) is 1. The molecule has 160 valence electrons. The largest absolute Gasteiger partial charge is 0.349 e. The van der Waals surface area contributed by atoms with Crippen LogP contribution in [0, 0.1) is 6.92 Å². The molecule has 4 rings (SSSR count). The zero-order valence-electron chi connectivity index (χ0n) is 17.9. The minimum absolute atomic E-state index is 0. The Labute approximate surface area is 180 Å². The van der Waals surface area contributed by atoms with Crippen LogP contribution in [-0.4, -0.2) is 52.9 Å². The number of amides is 1. The molecule has 5 heteroatoms. The Bertz CT molecular complexity index is 1020. The number of hydrogen-bond donors (Lipinski definition) is 0. The van der Waals surface area contributed by atoms with Crippen LogP contribution < -0.4 is 0 Å². The SMILES string of the molecule is C.Cc1ccc2c(c1)c1c(n2CC(CC(=O)N(C)C)c2ccncc2)CCN(C)C1. The molecule has 1 aliphatic rings. The summed E-state index contributed by atoms with van der Waals surface area (Å²) in [4.78, 5) is 20.8. The number of pyridine rings is 1. The van der Waals surface area contributed by atoms with Gasteiger partial charge in [0, 0.05) is 81.5 Å². The fourth-order valence-corrected chi connectivity index (χ4v) is 4.44. The summed E-state index contributed by atoms with van der Waals surface area (Å²) in [5.41, 5.74) is 6.63. The van der Waals surface area contributed by atoms with Crippen molar-refractivity contribution in [1.82, 2.24) is 19.4 Å². The molecule has 2 aromatic heterocycles. The molecule has 30 heavy (non-hydrogen) atoms. The van der Waals surface area contributed by atoms with Crippen LogP contribution in [0.15, 0.2) is 42.7 Å². The van der Waals surface area contributed by atoms with E-state index in [9.17, 15) is 4.79 Å². The van der Waals surface area contributed by atoms with Crippen molar-refractivity contribution in [1.29, 1.82) is 0 Å². The molecule has 1 aromatic carbocycles. The van der Waals surface area contributed by atoms with E-state index < -0.39 is 0 Å². The fraction of sp³-hybridized carbons (Fsp3) is 0.440. The van der Waals surface area contributed by atoms with Crippen LogP contribution in [-0.2, 0) is 24.3 Å². The van der Waals surface area contributed by atoms with Crippen LogP contribution in [0.3, 0.4) is 0 Å². The molecule has 0 spiro atoms. The van der Waals surface area contributed by atoms with Gasteiger partial charge in [0.15, 0.2) is 0 Å². The second-order valence-corrected chi connectivity index (χ2v) is 8.51. The van der Waals surface area contributed by atoms with E-state index in [1.165, 1.54) is 33.3 Å². The number of carbonyl (C=O) groups is 1. The van der Waals surface area contributed by atoms with Gasteiger partial charge in [0.1, 0.15) is 0 Å². The molecule has 5 nitrogen and oxygen atoms in total. The Morgan fingerprint density at radius 1 is 1.20 bits per heavy atom. The maximum atomic E-state index is 12.6. The highest BCUT2D eigenvalue weighted by Gasteiger charge is 2.25. The van der Waals surface area contributed by atoms with Gasteiger partial charge in [0.05, 0.1) is 0 Å². The number of aryl methyl sites for hydroxylation is 1. The van der Waals surface area contributed by atoms with Gasteiger partial charge in [0.2, 0.25) is 5.91 Å². The zero-order chi connectivity index (χ0) is 20.5. The van der Waals surface area contributed by atoms with Crippen LogP contribution in [0.1, 0.15) is 42.1 Å². The lowest BCUT2D eigenvalue weighted by atomic mass is 9.95. The first kappa shape index (κ1) is 22.0. The summed E-state index contributed by atoms with van der Waals surface area (Å²) in [6.07, 6.45) is 5.19. The number of aromatic nitrogens is 2. The van der Waals surface area contributed by atoms with Crippen molar-refractivity contribution < 1.29 is 4.79 Å². The lowest BCUT2D eigenvalue weighted by Crippen LogP contribution is -2.28. The molecule has 3 aromatic rings. The number of benzene rings is 1. The molecular formula is C25H34N4O. The molecule has 0 saturated heterocycles. The standard InChI is InChI=1S/C24H30N4O.CH4/c1-17-5-6-22-20(13-17)21-16-27(4)12-9-23(21)28(22)15-19(14-24(29)26(2)3)18-7-10-25-11-8-18;/h5-8,10-11,13,19H,9,12,14-16H2,1-4H3;1H4. The summed E-state index contributed by atoms with van der Waals surface area (Å²) in [5.74, 6) is 0.279. The zero-order valence-corrected chi connectivity index (χ0v) is 17.9. The maximum Gasteiger partial charge on any atom is 0.222 e. The third kappa shape index (κ3) is 4.26. The summed E-state index contributed by atoms with van der Waals surface area (Å²) in [7, 11) is 5.85. The summed E-state index contributed by atoms with van der Waals surface area (Å²) in [6.45, 7) is 5.02. The van der Waals surface area contributed by atoms with Crippen LogP contribution >= 0.6 is 0 Å². The molecular weight excluding hydrogens is 372 g/mol. The third-order valence-corrected chi connectivity index (χ3v) is 6.10. The Hall–Kier alpha value is -2.66. The van der Waals surface area contributed by atoms with Gasteiger partial charge >= 0.3 is 0 Å². The van der Waals surface area contributed by atoms with E-state index in [1.807, 2.05) is 38.6 Å². The first-order valence-corrected chi connectivity index (χ1v) is 10.3. The van der Waals surface area contributed by atoms with Crippen molar-refractivity contribution in [3.63, 3.8) is 0 Å². The van der Waals surface area contributed by atoms with Crippen LogP contribution in [0.25, 0.3) is 10.9 Å².